The number of nitrogens with one attached hydrogen (secondary N) is 1. The lowest BCUT2D eigenvalue weighted by Crippen LogP contribution is -2.38. The summed E-state index contributed by atoms with van der Waals surface area (Å²) in [6, 6.07) is 5.65. The van der Waals surface area contributed by atoms with Crippen LogP contribution in [0.3, 0.4) is 0 Å². The highest BCUT2D eigenvalue weighted by Gasteiger charge is 2.21. The molecular formula is C14H17FN4O3. The first-order valence-electron chi connectivity index (χ1n) is 6.61. The van der Waals surface area contributed by atoms with E-state index in [0.717, 1.165) is 0 Å². The summed E-state index contributed by atoms with van der Waals surface area (Å²) in [5.74, 6) is -0.613. The number of aryl methyl sites for hydroxylation is 1. The summed E-state index contributed by atoms with van der Waals surface area (Å²) in [7, 11) is 0. The number of rotatable bonds is 5. The number of aliphatic hydroxyl groups excluding tert-OH is 1. The van der Waals surface area contributed by atoms with Gasteiger partial charge in [0.1, 0.15) is 17.2 Å². The van der Waals surface area contributed by atoms with Crippen molar-refractivity contribution in [3.63, 3.8) is 0 Å². The smallest absolute Gasteiger partial charge is 0.314 e. The Bertz CT molecular complexity index is 667. The topological polar surface area (TPSA) is 89.3 Å². The zero-order valence-corrected chi connectivity index (χ0v) is 12.5. The predicted octanol–water partition coefficient (Wildman–Crippen LogP) is 1.15. The average molecular weight is 308 g/mol. The molecule has 0 aliphatic rings. The van der Waals surface area contributed by atoms with E-state index in [-0.39, 0.29) is 18.2 Å². The second-order valence-corrected chi connectivity index (χ2v) is 5.32. The molecule has 0 atom stereocenters. The highest BCUT2D eigenvalue weighted by molar-refractivity contribution is 5.89. The number of aromatic nitrogens is 3. The molecule has 22 heavy (non-hydrogen) atoms. The Hall–Kier alpha value is -2.32. The number of halogens is 1. The molecule has 0 aliphatic carbocycles. The lowest BCUT2D eigenvalue weighted by Gasteiger charge is -2.21. The van der Waals surface area contributed by atoms with E-state index < -0.39 is 11.5 Å². The fraction of sp³-hybridized carbons (Fsp3) is 0.357. The lowest BCUT2D eigenvalue weighted by atomic mass is 10.2. The molecule has 0 spiro atoms. The van der Waals surface area contributed by atoms with Crippen LogP contribution in [0.1, 0.15) is 30.3 Å². The van der Waals surface area contributed by atoms with Crippen molar-refractivity contribution in [3.8, 4) is 5.69 Å². The Balaban J connectivity index is 2.15. The van der Waals surface area contributed by atoms with Gasteiger partial charge >= 0.3 is 5.91 Å². The molecule has 2 N–H and O–H groups in total. The predicted molar refractivity (Wildman–Crippen MR) is 75.8 cm³/mol. The quantitative estimate of drug-likeness (QED) is 0.809. The third kappa shape index (κ3) is 3.66. The fourth-order valence-corrected chi connectivity index (χ4v) is 1.58. The molecule has 1 heterocycles. The van der Waals surface area contributed by atoms with Crippen LogP contribution in [0, 0.1) is 12.7 Å². The van der Waals surface area contributed by atoms with Crippen LogP contribution in [0.25, 0.3) is 5.69 Å². The van der Waals surface area contributed by atoms with Gasteiger partial charge in [0, 0.05) is 0 Å². The largest absolute Gasteiger partial charge is 0.393 e. The van der Waals surface area contributed by atoms with Crippen molar-refractivity contribution in [1.29, 1.82) is 0 Å². The van der Waals surface area contributed by atoms with E-state index in [2.05, 4.69) is 15.6 Å². The molecule has 0 unspecified atom stereocenters. The molecule has 0 saturated heterocycles. The number of hydrogen-bond donors (Lipinski definition) is 2. The molecule has 118 valence electrons. The Morgan fingerprint density at radius 3 is 2.64 bits per heavy atom. The van der Waals surface area contributed by atoms with Crippen molar-refractivity contribution in [2.75, 3.05) is 6.61 Å². The highest BCUT2D eigenvalue weighted by atomic mass is 19.1. The monoisotopic (exact) mass is 308 g/mol. The minimum absolute atomic E-state index is 0.0874. The van der Waals surface area contributed by atoms with Crippen LogP contribution < -0.4 is 5.48 Å². The van der Waals surface area contributed by atoms with Gasteiger partial charge in [-0.1, -0.05) is 0 Å². The van der Waals surface area contributed by atoms with E-state index >= 15 is 0 Å². The standard InChI is InChI=1S/C14H17FN4O3/c1-9-16-12(13(21)18-22-14(2,3)8-20)17-19(9)11-6-4-10(15)5-7-11/h4-7,20H,8H2,1-3H3,(H,18,21). The van der Waals surface area contributed by atoms with Gasteiger partial charge < -0.3 is 5.11 Å². The number of carbonyl (C=O) groups is 1. The molecule has 1 aromatic carbocycles. The number of aliphatic hydroxyl groups is 1. The average Bonchev–Trinajstić information content (AvgIpc) is 2.88. The number of carbonyl (C=O) groups excluding carboxylic acids is 1. The number of nitrogens with zero attached hydrogens (tertiary/aromatic N) is 3. The van der Waals surface area contributed by atoms with Gasteiger partial charge in [0.15, 0.2) is 0 Å². The van der Waals surface area contributed by atoms with Crippen LogP contribution in [-0.4, -0.2) is 38.0 Å². The first-order valence-corrected chi connectivity index (χ1v) is 6.61. The maximum atomic E-state index is 12.9. The first-order chi connectivity index (χ1) is 10.3. The van der Waals surface area contributed by atoms with E-state index in [0.29, 0.717) is 11.5 Å². The van der Waals surface area contributed by atoms with E-state index in [4.69, 9.17) is 9.94 Å². The number of hydroxylamine groups is 1. The lowest BCUT2D eigenvalue weighted by molar-refractivity contribution is -0.0959. The Morgan fingerprint density at radius 1 is 1.41 bits per heavy atom. The van der Waals surface area contributed by atoms with Crippen molar-refractivity contribution in [1.82, 2.24) is 20.2 Å². The summed E-state index contributed by atoms with van der Waals surface area (Å²) in [6.45, 7) is 4.64. The van der Waals surface area contributed by atoms with Gasteiger partial charge in [-0.3, -0.25) is 9.63 Å². The van der Waals surface area contributed by atoms with Gasteiger partial charge in [0.25, 0.3) is 0 Å². The second-order valence-electron chi connectivity index (χ2n) is 5.32. The summed E-state index contributed by atoms with van der Waals surface area (Å²) in [4.78, 5) is 21.1. The highest BCUT2D eigenvalue weighted by Crippen LogP contribution is 2.11. The van der Waals surface area contributed by atoms with E-state index in [1.807, 2.05) is 0 Å². The van der Waals surface area contributed by atoms with Crippen LogP contribution in [0.5, 0.6) is 0 Å². The maximum absolute atomic E-state index is 12.9. The zero-order valence-electron chi connectivity index (χ0n) is 12.5. The summed E-state index contributed by atoms with van der Waals surface area (Å²) >= 11 is 0. The van der Waals surface area contributed by atoms with Crippen molar-refractivity contribution < 1.29 is 19.1 Å². The molecule has 0 fully saturated rings. The third-order valence-corrected chi connectivity index (χ3v) is 2.84. The Kier molecular flexibility index (Phi) is 4.53. The molecular weight excluding hydrogens is 291 g/mol. The van der Waals surface area contributed by atoms with Gasteiger partial charge in [0.05, 0.1) is 12.3 Å². The van der Waals surface area contributed by atoms with Crippen molar-refractivity contribution in [2.24, 2.45) is 0 Å². The SMILES string of the molecule is Cc1nc(C(=O)NOC(C)(C)CO)nn1-c1ccc(F)cc1. The van der Waals surface area contributed by atoms with E-state index in [9.17, 15) is 9.18 Å². The normalized spacial score (nSPS) is 11.5. The molecule has 0 radical (unpaired) electrons. The van der Waals surface area contributed by atoms with Crippen molar-refractivity contribution >= 4 is 5.91 Å². The van der Waals surface area contributed by atoms with Gasteiger partial charge in [-0.15, -0.1) is 5.10 Å². The Morgan fingerprint density at radius 2 is 2.05 bits per heavy atom. The molecule has 1 amide bonds. The number of hydrogen-bond acceptors (Lipinski definition) is 5. The van der Waals surface area contributed by atoms with Crippen molar-refractivity contribution in [3.05, 3.63) is 41.7 Å². The van der Waals surface area contributed by atoms with Crippen LogP contribution in [0.2, 0.25) is 0 Å². The van der Waals surface area contributed by atoms with Crippen LogP contribution in [-0.2, 0) is 4.84 Å². The van der Waals surface area contributed by atoms with Gasteiger partial charge in [-0.2, -0.15) is 0 Å². The van der Waals surface area contributed by atoms with Crippen LogP contribution in [0.4, 0.5) is 4.39 Å². The summed E-state index contributed by atoms with van der Waals surface area (Å²) < 4.78 is 14.4. The number of benzene rings is 1. The molecule has 2 aromatic rings. The molecule has 0 saturated carbocycles. The zero-order chi connectivity index (χ0) is 16.3. The molecule has 7 nitrogen and oxygen atoms in total. The van der Waals surface area contributed by atoms with Gasteiger partial charge in [0.2, 0.25) is 5.82 Å². The first kappa shape index (κ1) is 16.1. The molecule has 0 aliphatic heterocycles. The van der Waals surface area contributed by atoms with Crippen molar-refractivity contribution in [2.45, 2.75) is 26.4 Å². The summed E-state index contributed by atoms with van der Waals surface area (Å²) in [5, 5.41) is 13.1. The van der Waals surface area contributed by atoms with Crippen LogP contribution in [0.15, 0.2) is 24.3 Å². The minimum atomic E-state index is -0.912. The molecule has 0 bridgehead atoms. The number of amides is 1. The second kappa shape index (κ2) is 6.20. The molecule has 8 heteroatoms. The summed E-state index contributed by atoms with van der Waals surface area (Å²) in [6.07, 6.45) is 0. The summed E-state index contributed by atoms with van der Waals surface area (Å²) in [5.41, 5.74) is 1.87. The molecule has 2 rings (SSSR count). The van der Waals surface area contributed by atoms with E-state index in [1.165, 1.54) is 28.9 Å². The minimum Gasteiger partial charge on any atom is -0.393 e. The van der Waals surface area contributed by atoms with Gasteiger partial charge in [-0.05, 0) is 45.0 Å². The molecule has 1 aromatic heterocycles. The van der Waals surface area contributed by atoms with E-state index in [1.54, 1.807) is 20.8 Å². The fourth-order valence-electron chi connectivity index (χ4n) is 1.58. The third-order valence-electron chi connectivity index (χ3n) is 2.84. The van der Waals surface area contributed by atoms with Gasteiger partial charge in [-0.25, -0.2) is 19.5 Å². The maximum Gasteiger partial charge on any atom is 0.314 e. The Labute approximate surface area is 126 Å². The van der Waals surface area contributed by atoms with Crippen LogP contribution >= 0.6 is 0 Å².